The van der Waals surface area contributed by atoms with Crippen molar-refractivity contribution >= 4 is 0 Å². The van der Waals surface area contributed by atoms with Crippen LogP contribution in [0, 0.1) is 0 Å². The van der Waals surface area contributed by atoms with Crippen LogP contribution in [-0.4, -0.2) is 13.1 Å². The molecule has 0 saturated heterocycles. The molecule has 0 aliphatic carbocycles. The van der Waals surface area contributed by atoms with Crippen molar-refractivity contribution in [2.75, 3.05) is 13.1 Å². The van der Waals surface area contributed by atoms with Crippen LogP contribution >= 0.6 is 0 Å². The third-order valence-corrected chi connectivity index (χ3v) is 5.89. The average molecular weight is 421 g/mol. The highest BCUT2D eigenvalue weighted by Crippen LogP contribution is 2.29. The molecule has 0 spiro atoms. The lowest BCUT2D eigenvalue weighted by Gasteiger charge is -2.30. The first kappa shape index (κ1) is 22.0. The summed E-state index contributed by atoms with van der Waals surface area (Å²) >= 11 is 0. The molecule has 0 bridgehead atoms. The molecule has 2 nitrogen and oxygen atoms in total. The van der Waals surface area contributed by atoms with E-state index >= 15 is 0 Å². The lowest BCUT2D eigenvalue weighted by Crippen LogP contribution is -2.37. The Bertz CT molecular complexity index is 930. The predicted octanol–water partition coefficient (Wildman–Crippen LogP) is 6.13. The second kappa shape index (κ2) is 12.0. The maximum absolute atomic E-state index is 3.87. The summed E-state index contributed by atoms with van der Waals surface area (Å²) in [5, 5.41) is 7.74. The van der Waals surface area contributed by atoms with Gasteiger partial charge in [-0.15, -0.1) is 0 Å². The molecule has 2 atom stereocenters. The summed E-state index contributed by atoms with van der Waals surface area (Å²) in [5.74, 6) is 0. The van der Waals surface area contributed by atoms with E-state index in [2.05, 4.69) is 132 Å². The monoisotopic (exact) mass is 420 g/mol. The minimum Gasteiger partial charge on any atom is -0.308 e. The van der Waals surface area contributed by atoms with Crippen LogP contribution in [-0.2, 0) is 12.8 Å². The molecule has 4 rings (SSSR count). The first-order valence-corrected chi connectivity index (χ1v) is 11.5. The van der Waals surface area contributed by atoms with E-state index in [9.17, 15) is 0 Å². The highest BCUT2D eigenvalue weighted by atomic mass is 15.0. The molecule has 0 radical (unpaired) electrons. The van der Waals surface area contributed by atoms with Crippen molar-refractivity contribution in [1.82, 2.24) is 10.6 Å². The van der Waals surface area contributed by atoms with Gasteiger partial charge in [0.1, 0.15) is 0 Å². The Morgan fingerprint density at radius 2 is 0.719 bits per heavy atom. The Morgan fingerprint density at radius 3 is 1.06 bits per heavy atom. The van der Waals surface area contributed by atoms with Gasteiger partial charge in [0.2, 0.25) is 0 Å². The molecule has 4 aromatic carbocycles. The van der Waals surface area contributed by atoms with Gasteiger partial charge in [-0.25, -0.2) is 0 Å². The van der Waals surface area contributed by atoms with Gasteiger partial charge in [-0.05, 0) is 48.2 Å². The van der Waals surface area contributed by atoms with Gasteiger partial charge in [-0.2, -0.15) is 0 Å². The van der Waals surface area contributed by atoms with E-state index in [1.54, 1.807) is 0 Å². The van der Waals surface area contributed by atoms with Gasteiger partial charge in [0.25, 0.3) is 0 Å². The molecule has 0 amide bonds. The van der Waals surface area contributed by atoms with Crippen LogP contribution in [0.15, 0.2) is 121 Å². The van der Waals surface area contributed by atoms with Crippen molar-refractivity contribution in [3.8, 4) is 0 Å². The summed E-state index contributed by atoms with van der Waals surface area (Å²) in [6, 6.07) is 43.4. The Labute approximate surface area is 192 Å². The van der Waals surface area contributed by atoms with Gasteiger partial charge in [0.15, 0.2) is 0 Å². The second-order valence-corrected chi connectivity index (χ2v) is 8.16. The smallest absolute Gasteiger partial charge is 0.0518 e. The average Bonchev–Trinajstić information content (AvgIpc) is 2.87. The Morgan fingerprint density at radius 1 is 0.406 bits per heavy atom. The maximum Gasteiger partial charge on any atom is 0.0518 e. The van der Waals surface area contributed by atoms with Crippen molar-refractivity contribution in [2.45, 2.75) is 24.9 Å². The highest BCUT2D eigenvalue weighted by Gasteiger charge is 2.24. The molecule has 2 heteroatoms. The summed E-state index contributed by atoms with van der Waals surface area (Å²) < 4.78 is 0. The molecule has 162 valence electrons. The molecule has 0 fully saturated rings. The van der Waals surface area contributed by atoms with E-state index in [-0.39, 0.29) is 12.1 Å². The lowest BCUT2D eigenvalue weighted by molar-refractivity contribution is 0.388. The van der Waals surface area contributed by atoms with Gasteiger partial charge in [-0.1, -0.05) is 121 Å². The van der Waals surface area contributed by atoms with Crippen LogP contribution in [0.25, 0.3) is 0 Å². The van der Waals surface area contributed by atoms with E-state index in [0.717, 1.165) is 25.9 Å². The molecular weight excluding hydrogens is 388 g/mol. The van der Waals surface area contributed by atoms with Crippen LogP contribution in [0.5, 0.6) is 0 Å². The number of benzene rings is 4. The Kier molecular flexibility index (Phi) is 8.25. The van der Waals surface area contributed by atoms with Gasteiger partial charge in [0.05, 0.1) is 12.1 Å². The van der Waals surface area contributed by atoms with E-state index in [0.29, 0.717) is 0 Å². The van der Waals surface area contributed by atoms with E-state index in [1.165, 1.54) is 22.3 Å². The molecular formula is C30H32N2. The number of nitrogens with one attached hydrogen (secondary N) is 2. The standard InChI is InChI=1S/C30H32N2/c1-5-13-25(14-6-1)21-23-31-29(27-17-9-3-10-18-27)30(28-19-11-4-12-20-28)32-24-22-26-15-7-2-8-16-26/h1-20,29-32H,21-24H2/t29-,30+. The van der Waals surface area contributed by atoms with Gasteiger partial charge >= 0.3 is 0 Å². The fraction of sp³-hybridized carbons (Fsp3) is 0.200. The van der Waals surface area contributed by atoms with Crippen molar-refractivity contribution < 1.29 is 0 Å². The molecule has 0 saturated carbocycles. The van der Waals surface area contributed by atoms with Crippen LogP contribution in [0.4, 0.5) is 0 Å². The number of hydrogen-bond donors (Lipinski definition) is 2. The molecule has 2 N–H and O–H groups in total. The first-order valence-electron chi connectivity index (χ1n) is 11.5. The first-order chi connectivity index (χ1) is 15.9. The number of rotatable bonds is 11. The zero-order chi connectivity index (χ0) is 21.8. The Balaban J connectivity index is 1.52. The van der Waals surface area contributed by atoms with Gasteiger partial charge < -0.3 is 10.6 Å². The van der Waals surface area contributed by atoms with E-state index in [4.69, 9.17) is 0 Å². The second-order valence-electron chi connectivity index (χ2n) is 8.16. The van der Waals surface area contributed by atoms with Crippen molar-refractivity contribution in [3.63, 3.8) is 0 Å². The number of hydrogen-bond acceptors (Lipinski definition) is 2. The summed E-state index contributed by atoms with van der Waals surface area (Å²) in [6.07, 6.45) is 2.02. The van der Waals surface area contributed by atoms with Crippen molar-refractivity contribution in [2.24, 2.45) is 0 Å². The topological polar surface area (TPSA) is 24.1 Å². The zero-order valence-electron chi connectivity index (χ0n) is 18.5. The molecule has 0 aromatic heterocycles. The fourth-order valence-electron chi connectivity index (χ4n) is 4.21. The summed E-state index contributed by atoms with van der Waals surface area (Å²) in [7, 11) is 0. The maximum atomic E-state index is 3.87. The quantitative estimate of drug-likeness (QED) is 0.305. The third kappa shape index (κ3) is 6.40. The summed E-state index contributed by atoms with van der Waals surface area (Å²) in [6.45, 7) is 1.85. The van der Waals surface area contributed by atoms with Crippen molar-refractivity contribution in [3.05, 3.63) is 144 Å². The molecule has 0 aliphatic heterocycles. The molecule has 0 unspecified atom stereocenters. The minimum atomic E-state index is 0.179. The zero-order valence-corrected chi connectivity index (χ0v) is 18.5. The fourth-order valence-corrected chi connectivity index (χ4v) is 4.21. The summed E-state index contributed by atoms with van der Waals surface area (Å²) in [5.41, 5.74) is 5.34. The van der Waals surface area contributed by atoms with E-state index < -0.39 is 0 Å². The van der Waals surface area contributed by atoms with Crippen LogP contribution in [0.1, 0.15) is 34.3 Å². The lowest BCUT2D eigenvalue weighted by atomic mass is 9.92. The van der Waals surface area contributed by atoms with Crippen LogP contribution in [0.3, 0.4) is 0 Å². The van der Waals surface area contributed by atoms with Gasteiger partial charge in [0, 0.05) is 0 Å². The van der Waals surface area contributed by atoms with Gasteiger partial charge in [-0.3, -0.25) is 0 Å². The Hall–Kier alpha value is -3.20. The van der Waals surface area contributed by atoms with Crippen LogP contribution in [0.2, 0.25) is 0 Å². The summed E-state index contributed by atoms with van der Waals surface area (Å²) in [4.78, 5) is 0. The highest BCUT2D eigenvalue weighted by molar-refractivity contribution is 5.28. The normalized spacial score (nSPS) is 12.9. The minimum absolute atomic E-state index is 0.179. The predicted molar refractivity (Wildman–Crippen MR) is 135 cm³/mol. The SMILES string of the molecule is c1ccc(CCN[C@H](c2ccccc2)[C@@H](NCCc2ccccc2)c2ccccc2)cc1. The van der Waals surface area contributed by atoms with Crippen LogP contribution < -0.4 is 10.6 Å². The molecule has 32 heavy (non-hydrogen) atoms. The third-order valence-electron chi connectivity index (χ3n) is 5.89. The molecule has 0 heterocycles. The largest absolute Gasteiger partial charge is 0.308 e. The van der Waals surface area contributed by atoms with Crippen molar-refractivity contribution in [1.29, 1.82) is 0 Å². The molecule has 4 aromatic rings. The van der Waals surface area contributed by atoms with E-state index in [1.807, 2.05) is 0 Å². The molecule has 0 aliphatic rings.